The molecule has 0 atom stereocenters. The van der Waals surface area contributed by atoms with Crippen LogP contribution in [0.3, 0.4) is 0 Å². The maximum absolute atomic E-state index is 4.51. The van der Waals surface area contributed by atoms with E-state index in [-0.39, 0.29) is 0 Å². The SMILES string of the molecule is Cc1csc2nc(-c3nccs3)cn12. The summed E-state index contributed by atoms with van der Waals surface area (Å²) in [6.45, 7) is 2.08. The molecule has 14 heavy (non-hydrogen) atoms. The summed E-state index contributed by atoms with van der Waals surface area (Å²) in [5.74, 6) is 0. The molecule has 0 unspecified atom stereocenters. The zero-order valence-electron chi connectivity index (χ0n) is 7.47. The Labute approximate surface area is 88.7 Å². The molecule has 0 aliphatic carbocycles. The molecular weight excluding hydrogens is 214 g/mol. The standard InChI is InChI=1S/C9H7N3S2/c1-6-5-14-9-11-7(4-12(6)9)8-10-2-3-13-8/h2-5H,1H3. The van der Waals surface area contributed by atoms with Crippen LogP contribution in [0.4, 0.5) is 0 Å². The number of nitrogens with zero attached hydrogens (tertiary/aromatic N) is 3. The smallest absolute Gasteiger partial charge is 0.194 e. The van der Waals surface area contributed by atoms with Gasteiger partial charge in [0.25, 0.3) is 0 Å². The molecule has 0 aliphatic rings. The first-order valence-electron chi connectivity index (χ1n) is 4.17. The van der Waals surface area contributed by atoms with Crippen LogP contribution in [0.25, 0.3) is 15.7 Å². The number of hydrogen-bond acceptors (Lipinski definition) is 4. The van der Waals surface area contributed by atoms with E-state index < -0.39 is 0 Å². The monoisotopic (exact) mass is 221 g/mol. The third-order valence-corrected chi connectivity index (χ3v) is 3.79. The van der Waals surface area contributed by atoms with Crippen molar-refractivity contribution in [3.05, 3.63) is 28.8 Å². The molecule has 0 bridgehead atoms. The molecule has 0 aliphatic heterocycles. The summed E-state index contributed by atoms with van der Waals surface area (Å²) in [6, 6.07) is 0. The fourth-order valence-corrected chi connectivity index (χ4v) is 2.79. The predicted octanol–water partition coefficient (Wildman–Crippen LogP) is 2.83. The molecule has 3 aromatic rings. The van der Waals surface area contributed by atoms with E-state index in [4.69, 9.17) is 0 Å². The summed E-state index contributed by atoms with van der Waals surface area (Å²) in [5, 5.41) is 5.06. The average molecular weight is 221 g/mol. The van der Waals surface area contributed by atoms with Crippen molar-refractivity contribution in [1.29, 1.82) is 0 Å². The Morgan fingerprint density at radius 2 is 2.29 bits per heavy atom. The Bertz CT molecular complexity index is 562. The van der Waals surface area contributed by atoms with Gasteiger partial charge in [-0.1, -0.05) is 0 Å². The van der Waals surface area contributed by atoms with Crippen molar-refractivity contribution in [3.63, 3.8) is 0 Å². The molecule has 0 N–H and O–H groups in total. The number of aromatic nitrogens is 3. The van der Waals surface area contributed by atoms with Gasteiger partial charge in [0.2, 0.25) is 0 Å². The highest BCUT2D eigenvalue weighted by Gasteiger charge is 2.08. The largest absolute Gasteiger partial charge is 0.294 e. The van der Waals surface area contributed by atoms with Crippen molar-refractivity contribution in [2.75, 3.05) is 0 Å². The zero-order valence-corrected chi connectivity index (χ0v) is 9.10. The van der Waals surface area contributed by atoms with Crippen LogP contribution in [0, 0.1) is 6.92 Å². The molecule has 0 amide bonds. The summed E-state index contributed by atoms with van der Waals surface area (Å²) in [5.41, 5.74) is 2.19. The topological polar surface area (TPSA) is 30.2 Å². The summed E-state index contributed by atoms with van der Waals surface area (Å²) in [6.07, 6.45) is 3.85. The molecule has 0 fully saturated rings. The summed E-state index contributed by atoms with van der Waals surface area (Å²) >= 11 is 3.28. The summed E-state index contributed by atoms with van der Waals surface area (Å²) in [7, 11) is 0. The van der Waals surface area contributed by atoms with Crippen LogP contribution in [0.2, 0.25) is 0 Å². The highest BCUT2D eigenvalue weighted by Crippen LogP contribution is 2.24. The first-order valence-corrected chi connectivity index (χ1v) is 5.93. The molecule has 3 heterocycles. The lowest BCUT2D eigenvalue weighted by molar-refractivity contribution is 1.13. The normalized spacial score (nSPS) is 11.2. The number of rotatable bonds is 1. The van der Waals surface area contributed by atoms with E-state index in [0.717, 1.165) is 15.7 Å². The molecular formula is C9H7N3S2. The lowest BCUT2D eigenvalue weighted by atomic mass is 10.5. The Kier molecular flexibility index (Phi) is 1.68. The number of aryl methyl sites for hydroxylation is 1. The first-order chi connectivity index (χ1) is 6.84. The molecule has 0 saturated heterocycles. The van der Waals surface area contributed by atoms with E-state index in [1.807, 2.05) is 11.6 Å². The van der Waals surface area contributed by atoms with Gasteiger partial charge in [-0.3, -0.25) is 4.40 Å². The van der Waals surface area contributed by atoms with Crippen molar-refractivity contribution in [2.24, 2.45) is 0 Å². The van der Waals surface area contributed by atoms with Crippen LogP contribution < -0.4 is 0 Å². The van der Waals surface area contributed by atoms with Crippen LogP contribution in [-0.2, 0) is 0 Å². The third kappa shape index (κ3) is 1.09. The minimum Gasteiger partial charge on any atom is -0.294 e. The van der Waals surface area contributed by atoms with Gasteiger partial charge >= 0.3 is 0 Å². The predicted molar refractivity (Wildman–Crippen MR) is 58.9 cm³/mol. The van der Waals surface area contributed by atoms with Gasteiger partial charge in [0.05, 0.1) is 0 Å². The second-order valence-corrected chi connectivity index (χ2v) is 4.72. The van der Waals surface area contributed by atoms with Crippen molar-refractivity contribution < 1.29 is 0 Å². The molecule has 3 rings (SSSR count). The summed E-state index contributed by atoms with van der Waals surface area (Å²) in [4.78, 5) is 9.78. The van der Waals surface area contributed by atoms with Gasteiger partial charge in [-0.15, -0.1) is 22.7 Å². The third-order valence-electron chi connectivity index (χ3n) is 2.04. The lowest BCUT2D eigenvalue weighted by Crippen LogP contribution is -1.78. The van der Waals surface area contributed by atoms with E-state index >= 15 is 0 Å². The highest BCUT2D eigenvalue weighted by atomic mass is 32.1. The van der Waals surface area contributed by atoms with Crippen LogP contribution in [0.15, 0.2) is 23.2 Å². The number of hydrogen-bond donors (Lipinski definition) is 0. The fourth-order valence-electron chi connectivity index (χ4n) is 1.35. The molecule has 0 radical (unpaired) electrons. The molecule has 0 aromatic carbocycles. The van der Waals surface area contributed by atoms with Gasteiger partial charge in [0, 0.05) is 28.8 Å². The number of fused-ring (bicyclic) bond motifs is 1. The Hall–Kier alpha value is -1.20. The van der Waals surface area contributed by atoms with Crippen LogP contribution in [-0.4, -0.2) is 14.4 Å². The average Bonchev–Trinajstić information content (AvgIpc) is 2.83. The molecule has 5 heteroatoms. The Morgan fingerprint density at radius 3 is 3.00 bits per heavy atom. The second kappa shape index (κ2) is 2.90. The van der Waals surface area contributed by atoms with Gasteiger partial charge in [-0.2, -0.15) is 0 Å². The molecule has 70 valence electrons. The lowest BCUT2D eigenvalue weighted by Gasteiger charge is -1.86. The number of thiazole rings is 2. The fraction of sp³-hybridized carbons (Fsp3) is 0.111. The van der Waals surface area contributed by atoms with E-state index in [9.17, 15) is 0 Å². The van der Waals surface area contributed by atoms with E-state index in [2.05, 4.69) is 26.7 Å². The highest BCUT2D eigenvalue weighted by molar-refractivity contribution is 7.15. The van der Waals surface area contributed by atoms with Crippen molar-refractivity contribution in [2.45, 2.75) is 6.92 Å². The van der Waals surface area contributed by atoms with Gasteiger partial charge in [0.1, 0.15) is 10.7 Å². The van der Waals surface area contributed by atoms with Crippen LogP contribution in [0.1, 0.15) is 5.69 Å². The molecule has 0 saturated carbocycles. The Morgan fingerprint density at radius 1 is 1.36 bits per heavy atom. The van der Waals surface area contributed by atoms with Crippen LogP contribution in [0.5, 0.6) is 0 Å². The quantitative estimate of drug-likeness (QED) is 0.632. The molecule has 3 nitrogen and oxygen atoms in total. The zero-order chi connectivity index (χ0) is 9.54. The minimum atomic E-state index is 0.968. The van der Waals surface area contributed by atoms with Crippen LogP contribution >= 0.6 is 22.7 Å². The van der Waals surface area contributed by atoms with E-state index in [1.165, 1.54) is 5.69 Å². The first kappa shape index (κ1) is 8.14. The molecule has 0 spiro atoms. The molecule has 3 aromatic heterocycles. The maximum Gasteiger partial charge on any atom is 0.194 e. The summed E-state index contributed by atoms with van der Waals surface area (Å²) < 4.78 is 2.10. The van der Waals surface area contributed by atoms with Gasteiger partial charge in [0.15, 0.2) is 4.96 Å². The minimum absolute atomic E-state index is 0.968. The van der Waals surface area contributed by atoms with Gasteiger partial charge in [-0.05, 0) is 6.92 Å². The maximum atomic E-state index is 4.51. The van der Waals surface area contributed by atoms with Crippen molar-refractivity contribution in [3.8, 4) is 10.7 Å². The van der Waals surface area contributed by atoms with E-state index in [1.54, 1.807) is 28.9 Å². The van der Waals surface area contributed by atoms with Crippen molar-refractivity contribution >= 4 is 27.6 Å². The number of imidazole rings is 1. The second-order valence-electron chi connectivity index (χ2n) is 2.99. The van der Waals surface area contributed by atoms with Gasteiger partial charge in [-0.25, -0.2) is 9.97 Å². The Balaban J connectivity index is 2.24. The van der Waals surface area contributed by atoms with E-state index in [0.29, 0.717) is 0 Å². The van der Waals surface area contributed by atoms with Gasteiger partial charge < -0.3 is 0 Å². The van der Waals surface area contributed by atoms with Crippen molar-refractivity contribution in [1.82, 2.24) is 14.4 Å².